The highest BCUT2D eigenvalue weighted by Crippen LogP contribution is 2.23. The maximum absolute atomic E-state index is 11.9. The lowest BCUT2D eigenvalue weighted by Crippen LogP contribution is -2.19. The summed E-state index contributed by atoms with van der Waals surface area (Å²) in [7, 11) is 1.78. The van der Waals surface area contributed by atoms with E-state index in [0.717, 1.165) is 11.3 Å². The Morgan fingerprint density at radius 2 is 1.92 bits per heavy atom. The molecule has 7 heteroatoms. The van der Waals surface area contributed by atoms with E-state index in [1.807, 2.05) is 32.0 Å². The number of aryl methyl sites for hydroxylation is 3. The zero-order chi connectivity index (χ0) is 17.8. The van der Waals surface area contributed by atoms with Crippen molar-refractivity contribution in [3.8, 4) is 11.6 Å². The normalized spacial score (nSPS) is 10.4. The molecule has 25 heavy (non-hydrogen) atoms. The highest BCUT2D eigenvalue weighted by molar-refractivity contribution is 5.98. The molecule has 3 aromatic rings. The molecule has 0 fully saturated rings. The summed E-state index contributed by atoms with van der Waals surface area (Å²) < 4.78 is 7.33. The van der Waals surface area contributed by atoms with Crippen molar-refractivity contribution in [2.45, 2.75) is 13.8 Å². The minimum Gasteiger partial charge on any atom is -0.439 e. The number of benzene rings is 1. The van der Waals surface area contributed by atoms with Gasteiger partial charge in [0.25, 0.3) is 0 Å². The van der Waals surface area contributed by atoms with Gasteiger partial charge in [-0.15, -0.1) is 0 Å². The van der Waals surface area contributed by atoms with Crippen LogP contribution in [0.2, 0.25) is 0 Å². The van der Waals surface area contributed by atoms with Crippen LogP contribution in [-0.2, 0) is 7.05 Å². The van der Waals surface area contributed by atoms with Gasteiger partial charge in [0.2, 0.25) is 5.88 Å². The Labute approximate surface area is 145 Å². The number of hydrogen-bond donors (Lipinski definition) is 2. The van der Waals surface area contributed by atoms with E-state index in [-0.39, 0.29) is 6.03 Å². The van der Waals surface area contributed by atoms with Crippen molar-refractivity contribution in [3.63, 3.8) is 0 Å². The lowest BCUT2D eigenvalue weighted by Gasteiger charge is -2.08. The number of ether oxygens (including phenoxy) is 1. The van der Waals surface area contributed by atoms with Crippen molar-refractivity contribution in [2.24, 2.45) is 7.05 Å². The first-order valence-electron chi connectivity index (χ1n) is 7.78. The van der Waals surface area contributed by atoms with E-state index in [1.54, 1.807) is 36.1 Å². The van der Waals surface area contributed by atoms with Gasteiger partial charge in [-0.25, -0.2) is 9.78 Å². The van der Waals surface area contributed by atoms with E-state index in [2.05, 4.69) is 20.7 Å². The highest BCUT2D eigenvalue weighted by atomic mass is 16.5. The van der Waals surface area contributed by atoms with Gasteiger partial charge in [-0.2, -0.15) is 5.10 Å². The molecule has 7 nitrogen and oxygen atoms in total. The topological polar surface area (TPSA) is 81.1 Å². The highest BCUT2D eigenvalue weighted by Gasteiger charge is 2.06. The van der Waals surface area contributed by atoms with Gasteiger partial charge in [0.05, 0.1) is 11.9 Å². The fourth-order valence-electron chi connectivity index (χ4n) is 2.17. The van der Waals surface area contributed by atoms with Gasteiger partial charge < -0.3 is 10.1 Å². The molecule has 0 atom stereocenters. The Balaban J connectivity index is 1.59. The first kappa shape index (κ1) is 16.5. The Bertz CT molecular complexity index is 887. The molecule has 2 aromatic heterocycles. The minimum absolute atomic E-state index is 0.386. The lowest BCUT2D eigenvalue weighted by atomic mass is 10.1. The van der Waals surface area contributed by atoms with Crippen LogP contribution in [0, 0.1) is 13.8 Å². The van der Waals surface area contributed by atoms with Crippen molar-refractivity contribution in [1.29, 1.82) is 0 Å². The average molecular weight is 337 g/mol. The van der Waals surface area contributed by atoms with Gasteiger partial charge in [-0.3, -0.25) is 10.00 Å². The largest absolute Gasteiger partial charge is 0.439 e. The maximum Gasteiger partial charge on any atom is 0.324 e. The van der Waals surface area contributed by atoms with Crippen molar-refractivity contribution in [3.05, 3.63) is 59.9 Å². The number of carbonyl (C=O) groups is 1. The zero-order valence-electron chi connectivity index (χ0n) is 14.3. The van der Waals surface area contributed by atoms with Crippen molar-refractivity contribution >= 4 is 17.5 Å². The van der Waals surface area contributed by atoms with Crippen molar-refractivity contribution in [1.82, 2.24) is 14.8 Å². The summed E-state index contributed by atoms with van der Waals surface area (Å²) in [6.45, 7) is 4.08. The van der Waals surface area contributed by atoms with Crippen LogP contribution in [0.4, 0.5) is 16.3 Å². The monoisotopic (exact) mass is 337 g/mol. The Kier molecular flexibility index (Phi) is 4.65. The van der Waals surface area contributed by atoms with Crippen LogP contribution in [-0.4, -0.2) is 20.8 Å². The minimum atomic E-state index is -0.386. The zero-order valence-corrected chi connectivity index (χ0v) is 14.3. The summed E-state index contributed by atoms with van der Waals surface area (Å²) in [5.41, 5.74) is 2.92. The number of rotatable bonds is 4. The first-order chi connectivity index (χ1) is 12.0. The summed E-state index contributed by atoms with van der Waals surface area (Å²) in [5, 5.41) is 9.40. The van der Waals surface area contributed by atoms with Crippen LogP contribution >= 0.6 is 0 Å². The molecule has 0 saturated heterocycles. The Hall–Kier alpha value is -3.35. The maximum atomic E-state index is 11.9. The van der Waals surface area contributed by atoms with Crippen LogP contribution in [0.25, 0.3) is 0 Å². The number of nitrogens with zero attached hydrogens (tertiary/aromatic N) is 3. The molecule has 0 radical (unpaired) electrons. The molecule has 0 aliphatic rings. The molecule has 0 unspecified atom stereocenters. The van der Waals surface area contributed by atoms with E-state index >= 15 is 0 Å². The number of aromatic nitrogens is 3. The standard InChI is InChI=1S/C18H19N5O2/c1-12-4-6-15(10-13(12)2)25-17-7-5-14(11-19-17)20-18(24)21-16-8-9-23(3)22-16/h4-11H,1-3H3,(H2,20,21,22,24). The third kappa shape index (κ3) is 4.35. The molecule has 2 heterocycles. The van der Waals surface area contributed by atoms with Crippen molar-refractivity contribution < 1.29 is 9.53 Å². The quantitative estimate of drug-likeness (QED) is 0.757. The number of amides is 2. The molecule has 0 aliphatic carbocycles. The molecule has 2 N–H and O–H groups in total. The predicted molar refractivity (Wildman–Crippen MR) is 96.1 cm³/mol. The second-order valence-electron chi connectivity index (χ2n) is 5.69. The fraction of sp³-hybridized carbons (Fsp3) is 0.167. The Morgan fingerprint density at radius 3 is 2.56 bits per heavy atom. The predicted octanol–water partition coefficient (Wildman–Crippen LogP) is 3.87. The van der Waals surface area contributed by atoms with Crippen LogP contribution in [0.1, 0.15) is 11.1 Å². The third-order valence-electron chi connectivity index (χ3n) is 3.65. The molecular formula is C18H19N5O2. The SMILES string of the molecule is Cc1ccc(Oc2ccc(NC(=O)Nc3ccn(C)n3)cn2)cc1C. The smallest absolute Gasteiger partial charge is 0.324 e. The lowest BCUT2D eigenvalue weighted by molar-refractivity contribution is 0.262. The summed E-state index contributed by atoms with van der Waals surface area (Å²) >= 11 is 0. The van der Waals surface area contributed by atoms with Gasteiger partial charge in [-0.05, 0) is 43.2 Å². The average Bonchev–Trinajstić information content (AvgIpc) is 2.97. The van der Waals surface area contributed by atoms with E-state index in [1.165, 1.54) is 11.8 Å². The van der Waals surface area contributed by atoms with Crippen LogP contribution in [0.15, 0.2) is 48.8 Å². The number of anilines is 2. The van der Waals surface area contributed by atoms with Gasteiger partial charge in [0.1, 0.15) is 5.75 Å². The van der Waals surface area contributed by atoms with Crippen molar-refractivity contribution in [2.75, 3.05) is 10.6 Å². The molecule has 128 valence electrons. The molecule has 0 saturated carbocycles. The van der Waals surface area contributed by atoms with Crippen LogP contribution in [0.3, 0.4) is 0 Å². The Morgan fingerprint density at radius 1 is 1.08 bits per heavy atom. The molecule has 1 aromatic carbocycles. The first-order valence-corrected chi connectivity index (χ1v) is 7.78. The van der Waals surface area contributed by atoms with E-state index in [4.69, 9.17) is 4.74 Å². The van der Waals surface area contributed by atoms with Crippen LogP contribution in [0.5, 0.6) is 11.6 Å². The van der Waals surface area contributed by atoms with Gasteiger partial charge in [0.15, 0.2) is 5.82 Å². The summed E-state index contributed by atoms with van der Waals surface area (Å²) in [5.74, 6) is 1.66. The van der Waals surface area contributed by atoms with Gasteiger partial charge in [-0.1, -0.05) is 6.07 Å². The number of carbonyl (C=O) groups excluding carboxylic acids is 1. The fourth-order valence-corrected chi connectivity index (χ4v) is 2.17. The molecule has 0 spiro atoms. The number of hydrogen-bond acceptors (Lipinski definition) is 4. The summed E-state index contributed by atoms with van der Waals surface area (Å²) in [4.78, 5) is 16.1. The number of urea groups is 1. The molecular weight excluding hydrogens is 318 g/mol. The molecule has 2 amide bonds. The second-order valence-corrected chi connectivity index (χ2v) is 5.69. The van der Waals surface area contributed by atoms with E-state index in [0.29, 0.717) is 17.4 Å². The van der Waals surface area contributed by atoms with E-state index < -0.39 is 0 Å². The second kappa shape index (κ2) is 7.04. The summed E-state index contributed by atoms with van der Waals surface area (Å²) in [6.07, 6.45) is 3.28. The van der Waals surface area contributed by atoms with Crippen LogP contribution < -0.4 is 15.4 Å². The molecule has 0 aliphatic heterocycles. The molecule has 3 rings (SSSR count). The number of pyridine rings is 1. The van der Waals surface area contributed by atoms with Gasteiger partial charge in [0, 0.05) is 25.4 Å². The number of nitrogens with one attached hydrogen (secondary N) is 2. The van der Waals surface area contributed by atoms with Gasteiger partial charge >= 0.3 is 6.03 Å². The molecule has 0 bridgehead atoms. The summed E-state index contributed by atoms with van der Waals surface area (Å²) in [6, 6.07) is 10.6. The third-order valence-corrected chi connectivity index (χ3v) is 3.65. The van der Waals surface area contributed by atoms with E-state index in [9.17, 15) is 4.79 Å².